The number of aliphatic hydroxyl groups is 1. The number of esters is 1. The van der Waals surface area contributed by atoms with Gasteiger partial charge in [-0.05, 0) is 51.2 Å². The molecule has 10 nitrogen and oxygen atoms in total. The van der Waals surface area contributed by atoms with E-state index >= 15 is 0 Å². The van der Waals surface area contributed by atoms with Crippen LogP contribution in [-0.2, 0) is 28.7 Å². The number of hydrogen-bond acceptors (Lipinski definition) is 7. The van der Waals surface area contributed by atoms with Crippen LogP contribution in [0.3, 0.4) is 0 Å². The van der Waals surface area contributed by atoms with Gasteiger partial charge in [0.1, 0.15) is 29.8 Å². The number of likely N-dealkylation sites (N-methyl/N-ethyl adjacent to an activating group) is 1. The van der Waals surface area contributed by atoms with Crippen LogP contribution in [0.1, 0.15) is 83.8 Å². The van der Waals surface area contributed by atoms with Gasteiger partial charge in [0.2, 0.25) is 17.7 Å². The van der Waals surface area contributed by atoms with Crippen molar-refractivity contribution in [2.45, 2.75) is 108 Å². The van der Waals surface area contributed by atoms with Crippen LogP contribution >= 0.6 is 15.9 Å². The molecule has 262 valence electrons. The number of amides is 3. The van der Waals surface area contributed by atoms with Gasteiger partial charge in [-0.3, -0.25) is 19.2 Å². The van der Waals surface area contributed by atoms with Crippen molar-refractivity contribution >= 4 is 39.6 Å². The molecule has 4 aliphatic rings. The molecular formula is C37H50BrN3O7. The predicted octanol–water partition coefficient (Wildman–Crippen LogP) is 4.91. The first-order valence-electron chi connectivity index (χ1n) is 17.5. The molecule has 8 atom stereocenters. The van der Waals surface area contributed by atoms with Crippen LogP contribution in [0.15, 0.2) is 53.0 Å². The number of rotatable bonds is 10. The molecule has 1 spiro atoms. The summed E-state index contributed by atoms with van der Waals surface area (Å²) in [5.41, 5.74) is -0.602. The number of fused-ring (bicyclic) bond motifs is 2. The lowest BCUT2D eigenvalue weighted by molar-refractivity contribution is -0.164. The van der Waals surface area contributed by atoms with E-state index in [4.69, 9.17) is 9.47 Å². The van der Waals surface area contributed by atoms with Crippen molar-refractivity contribution < 1.29 is 33.8 Å². The Hall–Kier alpha value is -3.02. The molecule has 1 aromatic rings. The van der Waals surface area contributed by atoms with Crippen molar-refractivity contribution in [1.29, 1.82) is 0 Å². The normalized spacial score (nSPS) is 32.4. The summed E-state index contributed by atoms with van der Waals surface area (Å²) >= 11 is 3.64. The second-order valence-electron chi connectivity index (χ2n) is 13.6. The van der Waals surface area contributed by atoms with E-state index in [2.05, 4.69) is 22.9 Å². The first-order chi connectivity index (χ1) is 23.1. The topological polar surface area (TPSA) is 117 Å². The number of nitrogens with zero attached hydrogens (tertiary/aromatic N) is 3. The summed E-state index contributed by atoms with van der Waals surface area (Å²) in [5, 5.41) is 9.27. The fraction of sp³-hybridized carbons (Fsp3) is 0.622. The largest absolute Gasteiger partial charge is 0.455 e. The van der Waals surface area contributed by atoms with Crippen LogP contribution in [0.25, 0.3) is 0 Å². The lowest BCUT2D eigenvalue weighted by Crippen LogP contribution is -2.57. The van der Waals surface area contributed by atoms with E-state index < -0.39 is 47.7 Å². The summed E-state index contributed by atoms with van der Waals surface area (Å²) in [6, 6.07) is 7.77. The number of ether oxygens (including phenoxy) is 2. The van der Waals surface area contributed by atoms with Gasteiger partial charge in [-0.25, -0.2) is 0 Å². The molecule has 0 aromatic heterocycles. The van der Waals surface area contributed by atoms with Gasteiger partial charge in [0.05, 0.1) is 12.0 Å². The van der Waals surface area contributed by atoms with E-state index in [1.165, 1.54) is 0 Å². The number of unbranched alkanes of at least 4 members (excludes halogenated alkanes) is 3. The van der Waals surface area contributed by atoms with E-state index in [0.717, 1.165) is 31.2 Å². The molecule has 5 rings (SSSR count). The van der Waals surface area contributed by atoms with E-state index in [-0.39, 0.29) is 36.8 Å². The van der Waals surface area contributed by atoms with Crippen LogP contribution < -0.4 is 0 Å². The number of carbonyl (C=O) groups excluding carboxylic acids is 4. The number of cyclic esters (lactones) is 1. The number of hydrogen-bond donors (Lipinski definition) is 1. The van der Waals surface area contributed by atoms with Gasteiger partial charge < -0.3 is 29.3 Å². The summed E-state index contributed by atoms with van der Waals surface area (Å²) in [5.74, 6) is -3.10. The Morgan fingerprint density at radius 3 is 2.46 bits per heavy atom. The van der Waals surface area contributed by atoms with Crippen LogP contribution in [0, 0.1) is 11.8 Å². The van der Waals surface area contributed by atoms with Gasteiger partial charge >= 0.3 is 5.97 Å². The maximum absolute atomic E-state index is 14.9. The molecule has 11 heteroatoms. The van der Waals surface area contributed by atoms with Crippen molar-refractivity contribution in [3.05, 3.63) is 58.6 Å². The quantitative estimate of drug-likeness (QED) is 0.207. The molecule has 5 bridgehead atoms. The van der Waals surface area contributed by atoms with Gasteiger partial charge in [0, 0.05) is 43.7 Å². The Morgan fingerprint density at radius 2 is 1.75 bits per heavy atom. The average molecular weight is 729 g/mol. The zero-order chi connectivity index (χ0) is 34.6. The second kappa shape index (κ2) is 15.7. The van der Waals surface area contributed by atoms with Crippen molar-refractivity contribution in [1.82, 2.24) is 14.7 Å². The number of likely N-dealkylation sites (tertiary alicyclic amines) is 1. The van der Waals surface area contributed by atoms with Gasteiger partial charge in [0.25, 0.3) is 0 Å². The minimum absolute atomic E-state index is 0.0857. The molecule has 0 aliphatic carbocycles. The minimum Gasteiger partial charge on any atom is -0.455 e. The van der Waals surface area contributed by atoms with E-state index in [1.54, 1.807) is 16.8 Å². The highest BCUT2D eigenvalue weighted by Crippen LogP contribution is 2.59. The monoisotopic (exact) mass is 727 g/mol. The summed E-state index contributed by atoms with van der Waals surface area (Å²) in [7, 11) is 1.72. The third-order valence-electron chi connectivity index (χ3n) is 10.6. The number of halogens is 1. The molecule has 0 saturated carbocycles. The lowest BCUT2D eigenvalue weighted by Gasteiger charge is -2.38. The molecule has 2 saturated heterocycles. The van der Waals surface area contributed by atoms with Gasteiger partial charge in [-0.1, -0.05) is 84.6 Å². The fourth-order valence-electron chi connectivity index (χ4n) is 7.88. The Labute approximate surface area is 292 Å². The highest BCUT2D eigenvalue weighted by atomic mass is 79.9. The van der Waals surface area contributed by atoms with Crippen molar-refractivity contribution in [3.8, 4) is 0 Å². The summed E-state index contributed by atoms with van der Waals surface area (Å²) < 4.78 is 13.6. The standard InChI is InChI=1S/C37H50BrN3O7/c1-5-16-24(2)40-20-14-9-12-19-28(43)39(4)25(3)31(26-17-10-8-11-18-26)47-36(46)29-30-34(44)41(21-13-6-7-15-22-42)33(35(40)45)37(30)23-27(38)32(29)48-37/h8-11,14,17-18,23-25,29-33,42H,5-7,12-13,15-16,19-22H2,1-4H3/b14-9-/t24?,25-,29+,30-,31+,32+,33+,37-/m1/s1. The van der Waals surface area contributed by atoms with E-state index in [9.17, 15) is 24.3 Å². The highest BCUT2D eigenvalue weighted by Gasteiger charge is 2.75. The molecule has 1 unspecified atom stereocenters. The summed E-state index contributed by atoms with van der Waals surface area (Å²) in [4.78, 5) is 62.3. The smallest absolute Gasteiger partial charge is 0.313 e. The molecule has 1 N–H and O–H groups in total. The van der Waals surface area contributed by atoms with Crippen molar-refractivity contribution in [3.63, 3.8) is 0 Å². The minimum atomic E-state index is -1.34. The lowest BCUT2D eigenvalue weighted by atomic mass is 9.74. The summed E-state index contributed by atoms with van der Waals surface area (Å²) in [6.07, 6.45) is 9.49. The third-order valence-corrected chi connectivity index (χ3v) is 11.2. The van der Waals surface area contributed by atoms with Crippen molar-refractivity contribution in [2.75, 3.05) is 26.7 Å². The third kappa shape index (κ3) is 6.87. The summed E-state index contributed by atoms with van der Waals surface area (Å²) in [6.45, 7) is 6.73. The predicted molar refractivity (Wildman–Crippen MR) is 185 cm³/mol. The van der Waals surface area contributed by atoms with Crippen LogP contribution in [0.4, 0.5) is 0 Å². The Balaban J connectivity index is 1.59. The van der Waals surface area contributed by atoms with Gasteiger partial charge in [-0.2, -0.15) is 0 Å². The molecule has 3 amide bonds. The maximum atomic E-state index is 14.9. The van der Waals surface area contributed by atoms with Crippen LogP contribution in [0.5, 0.6) is 0 Å². The molecule has 48 heavy (non-hydrogen) atoms. The van der Waals surface area contributed by atoms with Crippen molar-refractivity contribution in [2.24, 2.45) is 11.8 Å². The first-order valence-corrected chi connectivity index (χ1v) is 18.3. The van der Waals surface area contributed by atoms with Crippen LogP contribution in [-0.4, -0.2) is 100 Å². The SMILES string of the molecule is CCCC(C)N1C/C=C\CCC(=O)N(C)[C@H](C)[C@@H](c2ccccc2)OC(=O)[C@@H]2[C@H]3O[C@@]4(C=C3Br)[C@H](C1=O)N(CCCCCCO)C(=O)[C@@H]24. The molecule has 0 radical (unpaired) electrons. The molecule has 2 fully saturated rings. The molecule has 4 heterocycles. The highest BCUT2D eigenvalue weighted by molar-refractivity contribution is 9.11. The molecule has 1 aromatic carbocycles. The maximum Gasteiger partial charge on any atom is 0.313 e. The Morgan fingerprint density at radius 1 is 1.02 bits per heavy atom. The number of benzene rings is 1. The van der Waals surface area contributed by atoms with E-state index in [1.807, 2.05) is 67.3 Å². The Bertz CT molecular complexity index is 1400. The van der Waals surface area contributed by atoms with Gasteiger partial charge in [-0.15, -0.1) is 0 Å². The molecular weight excluding hydrogens is 678 g/mol. The number of allylic oxidation sites excluding steroid dienone is 1. The van der Waals surface area contributed by atoms with Crippen LogP contribution in [0.2, 0.25) is 0 Å². The zero-order valence-corrected chi connectivity index (χ0v) is 30.1. The fourth-order valence-corrected chi connectivity index (χ4v) is 8.62. The first kappa shape index (κ1) is 36.3. The second-order valence-corrected chi connectivity index (χ2v) is 14.6. The number of aliphatic hydroxyl groups excluding tert-OH is 1. The zero-order valence-electron chi connectivity index (χ0n) is 28.6. The molecule has 4 aliphatic heterocycles. The average Bonchev–Trinajstić information content (AvgIpc) is 3.67. The van der Waals surface area contributed by atoms with Gasteiger partial charge in [0.15, 0.2) is 0 Å². The number of carbonyl (C=O) groups is 4. The Kier molecular flexibility index (Phi) is 11.8. The van der Waals surface area contributed by atoms with E-state index in [0.29, 0.717) is 36.8 Å².